The second-order valence-corrected chi connectivity index (χ2v) is 8.22. The first-order chi connectivity index (χ1) is 15.1. The molecular formula is C22H26N8O. The molecule has 1 fully saturated rings. The van der Waals surface area contributed by atoms with Crippen LogP contribution in [0, 0.1) is 6.92 Å². The van der Waals surface area contributed by atoms with Gasteiger partial charge in [0.25, 0.3) is 0 Å². The summed E-state index contributed by atoms with van der Waals surface area (Å²) >= 11 is 0. The smallest absolute Gasteiger partial charge is 0.221 e. The van der Waals surface area contributed by atoms with E-state index >= 15 is 0 Å². The molecule has 1 N–H and O–H groups in total. The van der Waals surface area contributed by atoms with Crippen molar-refractivity contribution in [1.29, 1.82) is 0 Å². The van der Waals surface area contributed by atoms with Crippen molar-refractivity contribution in [3.05, 3.63) is 36.3 Å². The molecule has 4 heterocycles. The molecule has 160 valence electrons. The van der Waals surface area contributed by atoms with Crippen molar-refractivity contribution in [2.45, 2.75) is 65.0 Å². The fourth-order valence-corrected chi connectivity index (χ4v) is 4.88. The van der Waals surface area contributed by atoms with Gasteiger partial charge in [-0.25, -0.2) is 9.97 Å². The molecule has 3 aromatic rings. The van der Waals surface area contributed by atoms with Crippen LogP contribution in [0.15, 0.2) is 24.7 Å². The minimum absolute atomic E-state index is 0.117. The first kappa shape index (κ1) is 19.6. The Morgan fingerprint density at radius 2 is 2.03 bits per heavy atom. The molecule has 0 saturated heterocycles. The Labute approximate surface area is 181 Å². The standard InChI is InChI=1S/C22H26N8O/c1-4-18-22-28-27-13(2)29(22)19-12-24-20(16-9-10-23-11-17(16)25-14(3)31)26-21(19)30(18)15-7-5-6-8-15/h9-12,15,18H,4-8H2,1-3H3,(H,25,31)/t18-/m1/s1. The highest BCUT2D eigenvalue weighted by molar-refractivity contribution is 5.93. The molecule has 9 heteroatoms. The number of nitrogens with zero attached hydrogens (tertiary/aromatic N) is 7. The van der Waals surface area contributed by atoms with Crippen LogP contribution in [0.1, 0.15) is 63.6 Å². The van der Waals surface area contributed by atoms with Gasteiger partial charge in [-0.2, -0.15) is 0 Å². The molecule has 0 bridgehead atoms. The number of rotatable bonds is 4. The normalized spacial score (nSPS) is 18.0. The molecule has 9 nitrogen and oxygen atoms in total. The van der Waals surface area contributed by atoms with E-state index in [2.05, 4.69) is 41.9 Å². The van der Waals surface area contributed by atoms with Gasteiger partial charge < -0.3 is 10.2 Å². The van der Waals surface area contributed by atoms with Crippen LogP contribution in [-0.2, 0) is 4.79 Å². The second kappa shape index (κ2) is 7.72. The molecule has 0 unspecified atom stereocenters. The summed E-state index contributed by atoms with van der Waals surface area (Å²) in [5.41, 5.74) is 2.26. The summed E-state index contributed by atoms with van der Waals surface area (Å²) in [7, 11) is 0. The van der Waals surface area contributed by atoms with Crippen molar-refractivity contribution in [3.8, 4) is 17.1 Å². The van der Waals surface area contributed by atoms with E-state index < -0.39 is 0 Å². The molecule has 0 radical (unpaired) electrons. The van der Waals surface area contributed by atoms with Gasteiger partial charge in [0, 0.05) is 24.7 Å². The highest BCUT2D eigenvalue weighted by Crippen LogP contribution is 2.43. The lowest BCUT2D eigenvalue weighted by Gasteiger charge is -2.41. The van der Waals surface area contributed by atoms with Crippen molar-refractivity contribution in [2.24, 2.45) is 0 Å². The molecule has 1 atom stereocenters. The van der Waals surface area contributed by atoms with Gasteiger partial charge in [0.1, 0.15) is 11.5 Å². The van der Waals surface area contributed by atoms with Crippen molar-refractivity contribution >= 4 is 17.4 Å². The zero-order valence-electron chi connectivity index (χ0n) is 18.0. The Morgan fingerprint density at radius 1 is 1.23 bits per heavy atom. The first-order valence-electron chi connectivity index (χ1n) is 10.9. The van der Waals surface area contributed by atoms with Crippen LogP contribution in [0.3, 0.4) is 0 Å². The second-order valence-electron chi connectivity index (χ2n) is 8.22. The maximum absolute atomic E-state index is 11.7. The largest absolute Gasteiger partial charge is 0.342 e. The SMILES string of the molecule is CC[C@@H]1c2nnc(C)n2-c2cnc(-c3ccncc3NC(C)=O)nc2N1C1CCCC1. The van der Waals surface area contributed by atoms with E-state index in [4.69, 9.17) is 4.98 Å². The van der Waals surface area contributed by atoms with Crippen molar-refractivity contribution in [1.82, 2.24) is 29.7 Å². The summed E-state index contributed by atoms with van der Waals surface area (Å²) in [5.74, 6) is 3.11. The van der Waals surface area contributed by atoms with Gasteiger partial charge in [0.2, 0.25) is 5.91 Å². The lowest BCUT2D eigenvalue weighted by molar-refractivity contribution is -0.114. The molecule has 1 saturated carbocycles. The number of amides is 1. The predicted molar refractivity (Wildman–Crippen MR) is 117 cm³/mol. The van der Waals surface area contributed by atoms with E-state index in [1.807, 2.05) is 19.2 Å². The molecule has 0 aromatic carbocycles. The number of hydrogen-bond acceptors (Lipinski definition) is 7. The topological polar surface area (TPSA) is 102 Å². The van der Waals surface area contributed by atoms with E-state index in [1.54, 1.807) is 12.4 Å². The Morgan fingerprint density at radius 3 is 2.77 bits per heavy atom. The number of carbonyl (C=O) groups is 1. The van der Waals surface area contributed by atoms with Crippen molar-refractivity contribution in [2.75, 3.05) is 10.2 Å². The lowest BCUT2D eigenvalue weighted by atomic mass is 10.0. The van der Waals surface area contributed by atoms with Gasteiger partial charge >= 0.3 is 0 Å². The number of pyridine rings is 1. The van der Waals surface area contributed by atoms with Gasteiger partial charge in [-0.15, -0.1) is 10.2 Å². The number of fused-ring (bicyclic) bond motifs is 3. The maximum Gasteiger partial charge on any atom is 0.221 e. The van der Waals surface area contributed by atoms with Crippen LogP contribution in [0.5, 0.6) is 0 Å². The molecule has 1 aliphatic carbocycles. The summed E-state index contributed by atoms with van der Waals surface area (Å²) in [4.78, 5) is 28.0. The molecule has 0 spiro atoms. The van der Waals surface area contributed by atoms with Crippen LogP contribution in [0.2, 0.25) is 0 Å². The first-order valence-corrected chi connectivity index (χ1v) is 10.9. The fraction of sp³-hybridized carbons (Fsp3) is 0.455. The van der Waals surface area contributed by atoms with Gasteiger partial charge in [0.05, 0.1) is 24.1 Å². The van der Waals surface area contributed by atoms with Crippen LogP contribution in [-0.4, -0.2) is 41.7 Å². The molecule has 2 aliphatic rings. The monoisotopic (exact) mass is 418 g/mol. The van der Waals surface area contributed by atoms with Gasteiger partial charge in [-0.05, 0) is 32.3 Å². The summed E-state index contributed by atoms with van der Waals surface area (Å²) in [6.45, 7) is 5.63. The Kier molecular flexibility index (Phi) is 4.88. The number of nitrogens with one attached hydrogen (secondary N) is 1. The number of anilines is 2. The molecule has 31 heavy (non-hydrogen) atoms. The summed E-state index contributed by atoms with van der Waals surface area (Å²) < 4.78 is 2.08. The van der Waals surface area contributed by atoms with Gasteiger partial charge in [0.15, 0.2) is 17.5 Å². The van der Waals surface area contributed by atoms with E-state index in [0.29, 0.717) is 17.6 Å². The van der Waals surface area contributed by atoms with E-state index in [9.17, 15) is 4.79 Å². The average molecular weight is 419 g/mol. The quantitative estimate of drug-likeness (QED) is 0.691. The van der Waals surface area contributed by atoms with E-state index in [-0.39, 0.29) is 11.9 Å². The fourth-order valence-electron chi connectivity index (χ4n) is 4.88. The van der Waals surface area contributed by atoms with Crippen LogP contribution < -0.4 is 10.2 Å². The summed E-state index contributed by atoms with van der Waals surface area (Å²) in [5, 5.41) is 11.7. The van der Waals surface area contributed by atoms with E-state index in [1.165, 1.54) is 19.8 Å². The van der Waals surface area contributed by atoms with Crippen LogP contribution >= 0.6 is 0 Å². The number of aromatic nitrogens is 6. The average Bonchev–Trinajstić information content (AvgIpc) is 3.42. The Bertz CT molecular complexity index is 1130. The van der Waals surface area contributed by atoms with Crippen molar-refractivity contribution < 1.29 is 4.79 Å². The van der Waals surface area contributed by atoms with Gasteiger partial charge in [-0.1, -0.05) is 19.8 Å². The Balaban J connectivity index is 1.69. The lowest BCUT2D eigenvalue weighted by Crippen LogP contribution is -2.42. The molecule has 1 aliphatic heterocycles. The Hall–Kier alpha value is -3.36. The molecular weight excluding hydrogens is 392 g/mol. The summed E-state index contributed by atoms with van der Waals surface area (Å²) in [6.07, 6.45) is 10.8. The number of carbonyl (C=O) groups excluding carboxylic acids is 1. The molecule has 1 amide bonds. The maximum atomic E-state index is 11.7. The third kappa shape index (κ3) is 3.24. The van der Waals surface area contributed by atoms with Crippen LogP contribution in [0.25, 0.3) is 17.1 Å². The number of aryl methyl sites for hydroxylation is 1. The highest BCUT2D eigenvalue weighted by atomic mass is 16.1. The van der Waals surface area contributed by atoms with E-state index in [0.717, 1.165) is 48.0 Å². The zero-order valence-corrected chi connectivity index (χ0v) is 18.0. The third-order valence-corrected chi connectivity index (χ3v) is 6.20. The zero-order chi connectivity index (χ0) is 21.5. The van der Waals surface area contributed by atoms with Crippen LogP contribution in [0.4, 0.5) is 11.5 Å². The highest BCUT2D eigenvalue weighted by Gasteiger charge is 2.39. The third-order valence-electron chi connectivity index (χ3n) is 6.20. The minimum Gasteiger partial charge on any atom is -0.342 e. The minimum atomic E-state index is -0.157. The summed E-state index contributed by atoms with van der Waals surface area (Å²) in [6, 6.07) is 2.37. The molecule has 5 rings (SSSR count). The van der Waals surface area contributed by atoms with Gasteiger partial charge in [-0.3, -0.25) is 14.3 Å². The molecule has 3 aromatic heterocycles. The predicted octanol–water partition coefficient (Wildman–Crippen LogP) is 3.60. The number of hydrogen-bond donors (Lipinski definition) is 1. The van der Waals surface area contributed by atoms with Crippen molar-refractivity contribution in [3.63, 3.8) is 0 Å².